The van der Waals surface area contributed by atoms with E-state index in [4.69, 9.17) is 16.3 Å². The summed E-state index contributed by atoms with van der Waals surface area (Å²) in [7, 11) is 1.61. The van der Waals surface area contributed by atoms with E-state index in [1.807, 2.05) is 24.3 Å². The Morgan fingerprint density at radius 2 is 2.08 bits per heavy atom. The number of anilines is 2. The van der Waals surface area contributed by atoms with Gasteiger partial charge in [0.25, 0.3) is 0 Å². The number of thioether (sulfide) groups is 1. The molecule has 0 fully saturated rings. The summed E-state index contributed by atoms with van der Waals surface area (Å²) in [5.41, 5.74) is 1.36. The third-order valence-corrected chi connectivity index (χ3v) is 4.56. The van der Waals surface area contributed by atoms with Crippen LogP contribution in [0.25, 0.3) is 0 Å². The Balaban J connectivity index is 1.87. The molecule has 1 aliphatic rings. The number of amides is 2. The third-order valence-electron chi connectivity index (χ3n) is 3.37. The number of nitrogens with one attached hydrogen (secondary N) is 1. The lowest BCUT2D eigenvalue weighted by atomic mass is 10.3. The first-order chi connectivity index (χ1) is 11.7. The number of ether oxygens (including phenoxy) is 1. The van der Waals surface area contributed by atoms with Crippen molar-refractivity contribution in [2.45, 2.75) is 0 Å². The minimum absolute atomic E-state index is 0.282. The summed E-state index contributed by atoms with van der Waals surface area (Å²) >= 11 is 7.53. The number of methoxy groups -OCH3 is 1. The Morgan fingerprint density at radius 3 is 2.71 bits per heavy atom. The van der Waals surface area contributed by atoms with Gasteiger partial charge in [0.2, 0.25) is 0 Å². The standard InChI is InChI=1S/C17H16ClN3O2S/c1-23-15-7-5-14(6-8-15)21(17-19-9-10-24-17)16(22)20-13-4-2-3-12(18)11-13/h2-8,11H,9-10H2,1H3,(H,20,22). The molecule has 1 aliphatic heterocycles. The quantitative estimate of drug-likeness (QED) is 0.876. The Morgan fingerprint density at radius 1 is 1.29 bits per heavy atom. The van der Waals surface area contributed by atoms with Gasteiger partial charge in [0.15, 0.2) is 5.17 Å². The summed E-state index contributed by atoms with van der Waals surface area (Å²) in [5.74, 6) is 1.60. The molecular formula is C17H16ClN3O2S. The van der Waals surface area contributed by atoms with Crippen molar-refractivity contribution < 1.29 is 9.53 Å². The molecule has 0 spiro atoms. The maximum Gasteiger partial charge on any atom is 0.332 e. The zero-order valence-corrected chi connectivity index (χ0v) is 14.6. The van der Waals surface area contributed by atoms with Gasteiger partial charge in [-0.2, -0.15) is 0 Å². The van der Waals surface area contributed by atoms with E-state index < -0.39 is 0 Å². The third kappa shape index (κ3) is 3.83. The van der Waals surface area contributed by atoms with E-state index in [1.54, 1.807) is 48.0 Å². The van der Waals surface area contributed by atoms with Gasteiger partial charge in [-0.3, -0.25) is 4.99 Å². The zero-order valence-electron chi connectivity index (χ0n) is 13.0. The number of nitrogens with zero attached hydrogens (tertiary/aromatic N) is 2. The minimum atomic E-state index is -0.282. The smallest absolute Gasteiger partial charge is 0.332 e. The lowest BCUT2D eigenvalue weighted by Crippen LogP contribution is -2.38. The summed E-state index contributed by atoms with van der Waals surface area (Å²) in [6.07, 6.45) is 0. The fraction of sp³-hybridized carbons (Fsp3) is 0.176. The number of halogens is 1. The normalized spacial score (nSPS) is 13.3. The molecule has 0 atom stereocenters. The minimum Gasteiger partial charge on any atom is -0.497 e. The van der Waals surface area contributed by atoms with Gasteiger partial charge in [-0.1, -0.05) is 29.4 Å². The van der Waals surface area contributed by atoms with Gasteiger partial charge in [0.05, 0.1) is 19.3 Å². The number of urea groups is 1. The van der Waals surface area contributed by atoms with Crippen molar-refractivity contribution in [3.05, 3.63) is 53.6 Å². The highest BCUT2D eigenvalue weighted by atomic mass is 35.5. The summed E-state index contributed by atoms with van der Waals surface area (Å²) in [5, 5.41) is 4.11. The van der Waals surface area contributed by atoms with E-state index in [2.05, 4.69) is 10.3 Å². The molecule has 7 heteroatoms. The number of hydrogen-bond donors (Lipinski definition) is 1. The molecule has 0 bridgehead atoms. The van der Waals surface area contributed by atoms with Crippen LogP contribution in [-0.4, -0.2) is 30.6 Å². The summed E-state index contributed by atoms with van der Waals surface area (Å²) in [6.45, 7) is 0.705. The number of carbonyl (C=O) groups excluding carboxylic acids is 1. The fourth-order valence-corrected chi connectivity index (χ4v) is 3.31. The largest absolute Gasteiger partial charge is 0.497 e. The van der Waals surface area contributed by atoms with E-state index >= 15 is 0 Å². The lowest BCUT2D eigenvalue weighted by molar-refractivity contribution is 0.259. The molecule has 3 rings (SSSR count). The molecule has 0 radical (unpaired) electrons. The Bertz CT molecular complexity index is 765. The van der Waals surface area contributed by atoms with Gasteiger partial charge in [-0.15, -0.1) is 0 Å². The molecule has 0 saturated heterocycles. The van der Waals surface area contributed by atoms with E-state index in [9.17, 15) is 4.79 Å². The van der Waals surface area contributed by atoms with Crippen LogP contribution in [0.1, 0.15) is 0 Å². The predicted molar refractivity (Wildman–Crippen MR) is 101 cm³/mol. The molecule has 0 aromatic heterocycles. The van der Waals surface area contributed by atoms with Crippen LogP contribution in [0.2, 0.25) is 5.02 Å². The van der Waals surface area contributed by atoms with Gasteiger partial charge in [-0.25, -0.2) is 9.69 Å². The fourth-order valence-electron chi connectivity index (χ4n) is 2.25. The maximum atomic E-state index is 12.8. The SMILES string of the molecule is COc1ccc(N(C(=O)Nc2cccc(Cl)c2)C2=NCCS2)cc1. The number of amidine groups is 1. The summed E-state index contributed by atoms with van der Waals surface area (Å²) < 4.78 is 5.17. The molecular weight excluding hydrogens is 346 g/mol. The number of benzene rings is 2. The van der Waals surface area contributed by atoms with Crippen LogP contribution in [0, 0.1) is 0 Å². The second-order valence-electron chi connectivity index (χ2n) is 4.99. The summed E-state index contributed by atoms with van der Waals surface area (Å²) in [6, 6.07) is 14.1. The van der Waals surface area contributed by atoms with Crippen molar-refractivity contribution in [3.63, 3.8) is 0 Å². The molecule has 0 aliphatic carbocycles. The maximum absolute atomic E-state index is 12.8. The number of hydrogen-bond acceptors (Lipinski definition) is 4. The van der Waals surface area contributed by atoms with Crippen LogP contribution < -0.4 is 15.0 Å². The second kappa shape index (κ2) is 7.59. The van der Waals surface area contributed by atoms with Crippen molar-refractivity contribution in [2.75, 3.05) is 29.6 Å². The second-order valence-corrected chi connectivity index (χ2v) is 6.49. The highest BCUT2D eigenvalue weighted by Gasteiger charge is 2.24. The first-order valence-corrected chi connectivity index (χ1v) is 8.72. The molecule has 2 aromatic carbocycles. The molecule has 2 amide bonds. The topological polar surface area (TPSA) is 53.9 Å². The van der Waals surface area contributed by atoms with Gasteiger partial charge in [0, 0.05) is 16.5 Å². The van der Waals surface area contributed by atoms with Gasteiger partial charge >= 0.3 is 6.03 Å². The van der Waals surface area contributed by atoms with E-state index in [1.165, 1.54) is 0 Å². The van der Waals surface area contributed by atoms with Crippen molar-refractivity contribution in [3.8, 4) is 5.75 Å². The van der Waals surface area contributed by atoms with Crippen LogP contribution in [-0.2, 0) is 0 Å². The van der Waals surface area contributed by atoms with Crippen molar-refractivity contribution in [1.29, 1.82) is 0 Å². The lowest BCUT2D eigenvalue weighted by Gasteiger charge is -2.22. The summed E-state index contributed by atoms with van der Waals surface area (Å²) in [4.78, 5) is 18.8. The average molecular weight is 362 g/mol. The zero-order chi connectivity index (χ0) is 16.9. The average Bonchev–Trinajstić information content (AvgIpc) is 3.10. The highest BCUT2D eigenvalue weighted by Crippen LogP contribution is 2.26. The molecule has 1 N–H and O–H groups in total. The Hall–Kier alpha value is -2.18. The van der Waals surface area contributed by atoms with Gasteiger partial charge in [0.1, 0.15) is 5.75 Å². The van der Waals surface area contributed by atoms with Gasteiger partial charge in [-0.05, 0) is 42.5 Å². The van der Waals surface area contributed by atoms with E-state index in [0.29, 0.717) is 22.4 Å². The van der Waals surface area contributed by atoms with Crippen molar-refractivity contribution >= 4 is 45.9 Å². The first-order valence-electron chi connectivity index (χ1n) is 7.35. The Kier molecular flexibility index (Phi) is 5.27. The molecule has 0 saturated carbocycles. The van der Waals surface area contributed by atoms with Crippen LogP contribution in [0.5, 0.6) is 5.75 Å². The number of aliphatic imine (C=N–C) groups is 1. The predicted octanol–water partition coefficient (Wildman–Crippen LogP) is 4.49. The highest BCUT2D eigenvalue weighted by molar-refractivity contribution is 8.14. The molecule has 1 heterocycles. The monoisotopic (exact) mass is 361 g/mol. The molecule has 24 heavy (non-hydrogen) atoms. The van der Waals surface area contributed by atoms with Crippen LogP contribution in [0.4, 0.5) is 16.2 Å². The van der Waals surface area contributed by atoms with Crippen molar-refractivity contribution in [2.24, 2.45) is 4.99 Å². The first kappa shape index (κ1) is 16.7. The molecule has 2 aromatic rings. The van der Waals surface area contributed by atoms with E-state index in [0.717, 1.165) is 17.2 Å². The van der Waals surface area contributed by atoms with Gasteiger partial charge < -0.3 is 10.1 Å². The molecule has 5 nitrogen and oxygen atoms in total. The van der Waals surface area contributed by atoms with Crippen LogP contribution in [0.3, 0.4) is 0 Å². The van der Waals surface area contributed by atoms with E-state index in [-0.39, 0.29) is 6.03 Å². The number of carbonyl (C=O) groups is 1. The van der Waals surface area contributed by atoms with Crippen molar-refractivity contribution in [1.82, 2.24) is 0 Å². The van der Waals surface area contributed by atoms with Crippen LogP contribution >= 0.6 is 23.4 Å². The molecule has 0 unspecified atom stereocenters. The number of rotatable bonds is 3. The molecule has 124 valence electrons. The van der Waals surface area contributed by atoms with Crippen LogP contribution in [0.15, 0.2) is 53.5 Å². The Labute approximate surface area is 149 Å².